The second kappa shape index (κ2) is 7.36. The van der Waals surface area contributed by atoms with Gasteiger partial charge in [-0.25, -0.2) is 4.79 Å². The molecule has 5 nitrogen and oxygen atoms in total. The molecule has 1 aliphatic rings. The van der Waals surface area contributed by atoms with Gasteiger partial charge in [0.15, 0.2) is 0 Å². The lowest BCUT2D eigenvalue weighted by Gasteiger charge is -2.34. The van der Waals surface area contributed by atoms with Crippen LogP contribution < -0.4 is 5.32 Å². The maximum Gasteiger partial charge on any atom is 0.321 e. The van der Waals surface area contributed by atoms with Crippen molar-refractivity contribution in [3.05, 3.63) is 59.7 Å². The highest BCUT2D eigenvalue weighted by Crippen LogP contribution is 2.15. The van der Waals surface area contributed by atoms with Crippen LogP contribution in [-0.2, 0) is 6.54 Å². The first kappa shape index (κ1) is 16.3. The van der Waals surface area contributed by atoms with Gasteiger partial charge in [0.1, 0.15) is 5.75 Å². The molecule has 2 aromatic rings. The quantitative estimate of drug-likeness (QED) is 0.912. The zero-order chi connectivity index (χ0) is 16.9. The van der Waals surface area contributed by atoms with Crippen LogP contribution in [0.2, 0.25) is 0 Å². The molecule has 0 unspecified atom stereocenters. The lowest BCUT2D eigenvalue weighted by Crippen LogP contribution is -2.49. The van der Waals surface area contributed by atoms with Gasteiger partial charge in [-0.2, -0.15) is 0 Å². The van der Waals surface area contributed by atoms with E-state index in [-0.39, 0.29) is 6.03 Å². The van der Waals surface area contributed by atoms with E-state index in [0.717, 1.165) is 36.4 Å². The lowest BCUT2D eigenvalue weighted by molar-refractivity contribution is 0.143. The van der Waals surface area contributed by atoms with Crippen LogP contribution in [0.5, 0.6) is 5.75 Å². The van der Waals surface area contributed by atoms with E-state index in [0.29, 0.717) is 18.8 Å². The fraction of sp³-hybridized carbons (Fsp3) is 0.316. The summed E-state index contributed by atoms with van der Waals surface area (Å²) in [5.41, 5.74) is 3.05. The summed E-state index contributed by atoms with van der Waals surface area (Å²) >= 11 is 0. The number of aromatic hydroxyl groups is 1. The fourth-order valence-corrected chi connectivity index (χ4v) is 2.95. The molecule has 0 saturated carbocycles. The van der Waals surface area contributed by atoms with Gasteiger partial charge in [-0.1, -0.05) is 24.3 Å². The molecule has 0 spiro atoms. The van der Waals surface area contributed by atoms with Gasteiger partial charge >= 0.3 is 6.03 Å². The second-order valence-corrected chi connectivity index (χ2v) is 6.23. The molecule has 1 aliphatic heterocycles. The summed E-state index contributed by atoms with van der Waals surface area (Å²) in [6.45, 7) is 5.87. The number of carbonyl (C=O) groups is 1. The Morgan fingerprint density at radius 3 is 2.54 bits per heavy atom. The minimum atomic E-state index is -0.0439. The van der Waals surface area contributed by atoms with Gasteiger partial charge in [-0.05, 0) is 42.3 Å². The van der Waals surface area contributed by atoms with Gasteiger partial charge in [-0.3, -0.25) is 4.90 Å². The Kier molecular flexibility index (Phi) is 5.01. The summed E-state index contributed by atoms with van der Waals surface area (Å²) in [7, 11) is 0. The minimum Gasteiger partial charge on any atom is -0.508 e. The standard InChI is InChI=1S/C19H23N3O2/c1-15-4-2-6-17(12-15)20-19(24)22-10-8-21(9-11-22)14-16-5-3-7-18(23)13-16/h2-7,12-13,23H,8-11,14H2,1H3,(H,20,24). The summed E-state index contributed by atoms with van der Waals surface area (Å²) in [5, 5.41) is 12.5. The third-order valence-electron chi connectivity index (χ3n) is 4.25. The highest BCUT2D eigenvalue weighted by molar-refractivity contribution is 5.89. The highest BCUT2D eigenvalue weighted by Gasteiger charge is 2.21. The number of hydrogen-bond acceptors (Lipinski definition) is 3. The third kappa shape index (κ3) is 4.26. The Hall–Kier alpha value is -2.53. The zero-order valence-electron chi connectivity index (χ0n) is 13.9. The van der Waals surface area contributed by atoms with Gasteiger partial charge < -0.3 is 15.3 Å². The van der Waals surface area contributed by atoms with Crippen molar-refractivity contribution < 1.29 is 9.90 Å². The molecule has 24 heavy (non-hydrogen) atoms. The lowest BCUT2D eigenvalue weighted by atomic mass is 10.2. The molecule has 2 N–H and O–H groups in total. The smallest absolute Gasteiger partial charge is 0.321 e. The molecule has 0 radical (unpaired) electrons. The topological polar surface area (TPSA) is 55.8 Å². The number of phenolic OH excluding ortho intramolecular Hbond substituents is 1. The van der Waals surface area contributed by atoms with Crippen molar-refractivity contribution in [3.63, 3.8) is 0 Å². The molecular formula is C19H23N3O2. The molecule has 0 atom stereocenters. The molecule has 2 amide bonds. The number of rotatable bonds is 3. The molecule has 1 saturated heterocycles. The molecule has 0 aliphatic carbocycles. The number of anilines is 1. The number of carbonyl (C=O) groups excluding carboxylic acids is 1. The molecular weight excluding hydrogens is 302 g/mol. The number of phenols is 1. The zero-order valence-corrected chi connectivity index (χ0v) is 13.9. The third-order valence-corrected chi connectivity index (χ3v) is 4.25. The van der Waals surface area contributed by atoms with Crippen LogP contribution in [0.15, 0.2) is 48.5 Å². The molecule has 5 heteroatoms. The average Bonchev–Trinajstić information content (AvgIpc) is 2.55. The first-order valence-corrected chi connectivity index (χ1v) is 8.23. The van der Waals surface area contributed by atoms with Gasteiger partial charge in [0.25, 0.3) is 0 Å². The average molecular weight is 325 g/mol. The number of benzene rings is 2. The Morgan fingerprint density at radius 2 is 1.83 bits per heavy atom. The number of aryl methyl sites for hydroxylation is 1. The normalized spacial score (nSPS) is 15.3. The molecule has 2 aromatic carbocycles. The van der Waals surface area contributed by atoms with Crippen LogP contribution in [0.3, 0.4) is 0 Å². The SMILES string of the molecule is Cc1cccc(NC(=O)N2CCN(Cc3cccc(O)c3)CC2)c1. The first-order valence-electron chi connectivity index (χ1n) is 8.23. The maximum atomic E-state index is 12.4. The number of amides is 2. The van der Waals surface area contributed by atoms with Crippen molar-refractivity contribution in [2.45, 2.75) is 13.5 Å². The summed E-state index contributed by atoms with van der Waals surface area (Å²) < 4.78 is 0. The van der Waals surface area contributed by atoms with Gasteiger partial charge in [0.05, 0.1) is 0 Å². The molecule has 1 heterocycles. The van der Waals surface area contributed by atoms with E-state index >= 15 is 0 Å². The van der Waals surface area contributed by atoms with Gasteiger partial charge in [0, 0.05) is 38.4 Å². The second-order valence-electron chi connectivity index (χ2n) is 6.23. The summed E-state index contributed by atoms with van der Waals surface area (Å²) in [6, 6.07) is 15.1. The molecule has 0 bridgehead atoms. The van der Waals surface area contributed by atoms with E-state index in [1.54, 1.807) is 12.1 Å². The van der Waals surface area contributed by atoms with Crippen molar-refractivity contribution in [2.24, 2.45) is 0 Å². The van der Waals surface area contributed by atoms with Crippen LogP contribution in [-0.4, -0.2) is 47.1 Å². The Labute approximate surface area is 142 Å². The van der Waals surface area contributed by atoms with E-state index in [1.165, 1.54) is 0 Å². The number of nitrogens with zero attached hydrogens (tertiary/aromatic N) is 2. The van der Waals surface area contributed by atoms with Crippen molar-refractivity contribution in [1.82, 2.24) is 9.80 Å². The predicted octanol–water partition coefficient (Wildman–Crippen LogP) is 3.05. The molecule has 1 fully saturated rings. The Balaban J connectivity index is 1.50. The van der Waals surface area contributed by atoms with E-state index < -0.39 is 0 Å². The number of urea groups is 1. The summed E-state index contributed by atoms with van der Waals surface area (Å²) in [4.78, 5) is 16.5. The monoisotopic (exact) mass is 325 g/mol. The molecule has 3 rings (SSSR count). The van der Waals surface area contributed by atoms with Crippen LogP contribution in [0, 0.1) is 6.92 Å². The largest absolute Gasteiger partial charge is 0.508 e. The van der Waals surface area contributed by atoms with Crippen LogP contribution in [0.1, 0.15) is 11.1 Å². The summed E-state index contributed by atoms with van der Waals surface area (Å²) in [5.74, 6) is 0.295. The maximum absolute atomic E-state index is 12.4. The van der Waals surface area contributed by atoms with E-state index in [9.17, 15) is 9.90 Å². The highest BCUT2D eigenvalue weighted by atomic mass is 16.3. The molecule has 126 valence electrons. The van der Waals surface area contributed by atoms with Crippen molar-refractivity contribution >= 4 is 11.7 Å². The van der Waals surface area contributed by atoms with Crippen LogP contribution in [0.4, 0.5) is 10.5 Å². The number of hydrogen-bond donors (Lipinski definition) is 2. The van der Waals surface area contributed by atoms with Crippen LogP contribution >= 0.6 is 0 Å². The predicted molar refractivity (Wildman–Crippen MR) is 95.2 cm³/mol. The van der Waals surface area contributed by atoms with Gasteiger partial charge in [0.2, 0.25) is 0 Å². The van der Waals surface area contributed by atoms with Gasteiger partial charge in [-0.15, -0.1) is 0 Å². The van der Waals surface area contributed by atoms with E-state index in [1.807, 2.05) is 48.2 Å². The number of piperazine rings is 1. The van der Waals surface area contributed by atoms with E-state index in [4.69, 9.17) is 0 Å². The number of nitrogens with one attached hydrogen (secondary N) is 1. The Bertz CT molecular complexity index is 709. The molecule has 0 aromatic heterocycles. The van der Waals surface area contributed by atoms with Crippen molar-refractivity contribution in [3.8, 4) is 5.75 Å². The Morgan fingerprint density at radius 1 is 1.08 bits per heavy atom. The van der Waals surface area contributed by atoms with Crippen molar-refractivity contribution in [2.75, 3.05) is 31.5 Å². The first-order chi connectivity index (χ1) is 11.6. The van der Waals surface area contributed by atoms with Crippen LogP contribution in [0.25, 0.3) is 0 Å². The fourth-order valence-electron chi connectivity index (χ4n) is 2.95. The van der Waals surface area contributed by atoms with Crippen molar-refractivity contribution in [1.29, 1.82) is 0 Å². The summed E-state index contributed by atoms with van der Waals surface area (Å²) in [6.07, 6.45) is 0. The minimum absolute atomic E-state index is 0.0439. The van der Waals surface area contributed by atoms with E-state index in [2.05, 4.69) is 10.2 Å².